The fourth-order valence-corrected chi connectivity index (χ4v) is 2.91. The Labute approximate surface area is 135 Å². The lowest BCUT2D eigenvalue weighted by Gasteiger charge is -2.37. The topological polar surface area (TPSA) is 68.5 Å². The monoisotopic (exact) mass is 315 g/mol. The van der Waals surface area contributed by atoms with Crippen molar-refractivity contribution in [1.82, 2.24) is 15.0 Å². The number of morpholine rings is 1. The van der Waals surface area contributed by atoms with Gasteiger partial charge >= 0.3 is 0 Å². The zero-order valence-electron chi connectivity index (χ0n) is 13.4. The molecule has 23 heavy (non-hydrogen) atoms. The number of hydrogen-bond donors (Lipinski definition) is 0. The van der Waals surface area contributed by atoms with Crippen LogP contribution < -0.4 is 0 Å². The first kappa shape index (κ1) is 15.7. The van der Waals surface area contributed by atoms with Gasteiger partial charge in [-0.2, -0.15) is 4.98 Å². The molecule has 3 rings (SSSR count). The van der Waals surface area contributed by atoms with Gasteiger partial charge < -0.3 is 14.2 Å². The van der Waals surface area contributed by atoms with Crippen LogP contribution in [0.15, 0.2) is 34.9 Å². The van der Waals surface area contributed by atoms with Crippen molar-refractivity contribution >= 4 is 5.91 Å². The van der Waals surface area contributed by atoms with Crippen LogP contribution in [0.4, 0.5) is 0 Å². The van der Waals surface area contributed by atoms with Gasteiger partial charge in [0.1, 0.15) is 6.04 Å². The number of ether oxygens (including phenoxy) is 1. The van der Waals surface area contributed by atoms with E-state index in [1.807, 2.05) is 42.2 Å². The maximum atomic E-state index is 12.7. The molecule has 122 valence electrons. The van der Waals surface area contributed by atoms with E-state index < -0.39 is 0 Å². The average molecular weight is 315 g/mol. The molecule has 2 heterocycles. The Balaban J connectivity index is 1.71. The van der Waals surface area contributed by atoms with Crippen LogP contribution in [-0.4, -0.2) is 40.2 Å². The molecular weight excluding hydrogens is 294 g/mol. The van der Waals surface area contributed by atoms with E-state index in [-0.39, 0.29) is 18.1 Å². The van der Waals surface area contributed by atoms with Crippen molar-refractivity contribution in [3.05, 3.63) is 47.6 Å². The number of rotatable bonds is 4. The fraction of sp³-hybridized carbons (Fsp3) is 0.471. The highest BCUT2D eigenvalue weighted by Crippen LogP contribution is 2.29. The number of aryl methyl sites for hydroxylation is 2. The summed E-state index contributed by atoms with van der Waals surface area (Å²) >= 11 is 0. The summed E-state index contributed by atoms with van der Waals surface area (Å²) in [5, 5.41) is 3.83. The quantitative estimate of drug-likeness (QED) is 0.866. The number of carbonyl (C=O) groups excluding carboxylic acids is 1. The molecular formula is C17H21N3O3. The molecule has 2 aromatic rings. The van der Waals surface area contributed by atoms with Gasteiger partial charge in [0.25, 0.3) is 5.89 Å². The zero-order chi connectivity index (χ0) is 16.2. The summed E-state index contributed by atoms with van der Waals surface area (Å²) in [7, 11) is 0. The van der Waals surface area contributed by atoms with Crippen LogP contribution >= 0.6 is 0 Å². The van der Waals surface area contributed by atoms with Crippen LogP contribution in [0.25, 0.3) is 0 Å². The van der Waals surface area contributed by atoms with Gasteiger partial charge in [0.2, 0.25) is 5.91 Å². The first-order chi connectivity index (χ1) is 11.1. The van der Waals surface area contributed by atoms with Crippen LogP contribution in [-0.2, 0) is 16.0 Å². The summed E-state index contributed by atoms with van der Waals surface area (Å²) < 4.78 is 11.0. The molecule has 2 atom stereocenters. The van der Waals surface area contributed by atoms with Crippen LogP contribution in [0.3, 0.4) is 0 Å². The second-order valence-electron chi connectivity index (χ2n) is 5.77. The van der Waals surface area contributed by atoms with Crippen molar-refractivity contribution in [1.29, 1.82) is 0 Å². The molecule has 1 aromatic carbocycles. The molecule has 0 radical (unpaired) electrons. The number of benzene rings is 1. The summed E-state index contributed by atoms with van der Waals surface area (Å²) in [4.78, 5) is 18.8. The maximum absolute atomic E-state index is 12.7. The number of hydrogen-bond acceptors (Lipinski definition) is 5. The fourth-order valence-electron chi connectivity index (χ4n) is 2.91. The van der Waals surface area contributed by atoms with Crippen molar-refractivity contribution < 1.29 is 14.1 Å². The third-order valence-electron chi connectivity index (χ3n) is 4.08. The first-order valence-corrected chi connectivity index (χ1v) is 7.90. The second-order valence-corrected chi connectivity index (χ2v) is 5.77. The van der Waals surface area contributed by atoms with Gasteiger partial charge in [0.15, 0.2) is 5.82 Å². The van der Waals surface area contributed by atoms with Gasteiger partial charge in [-0.3, -0.25) is 4.79 Å². The highest BCUT2D eigenvalue weighted by atomic mass is 16.5. The minimum Gasteiger partial charge on any atom is -0.374 e. The maximum Gasteiger partial charge on any atom is 0.252 e. The molecule has 1 aromatic heterocycles. The summed E-state index contributed by atoms with van der Waals surface area (Å²) in [5.74, 6) is 1.10. The summed E-state index contributed by atoms with van der Waals surface area (Å²) in [5.41, 5.74) is 1.16. The Morgan fingerprint density at radius 3 is 2.83 bits per heavy atom. The van der Waals surface area contributed by atoms with Crippen LogP contribution in [0.5, 0.6) is 0 Å². The Kier molecular flexibility index (Phi) is 4.71. The van der Waals surface area contributed by atoms with Crippen LogP contribution in [0.2, 0.25) is 0 Å². The SMILES string of the molecule is Cc1noc([C@@H]2[C@@H](C)OCCN2C(=O)CCc2ccccc2)n1. The van der Waals surface area contributed by atoms with E-state index in [2.05, 4.69) is 10.1 Å². The minimum atomic E-state index is -0.312. The molecule has 0 N–H and O–H groups in total. The molecule has 0 unspecified atom stereocenters. The Hall–Kier alpha value is -2.21. The molecule has 6 heteroatoms. The third kappa shape index (κ3) is 3.59. The predicted octanol–water partition coefficient (Wildman–Crippen LogP) is 2.30. The van der Waals surface area contributed by atoms with Gasteiger partial charge in [0.05, 0.1) is 12.7 Å². The Morgan fingerprint density at radius 1 is 1.35 bits per heavy atom. The Morgan fingerprint density at radius 2 is 2.13 bits per heavy atom. The molecule has 1 aliphatic heterocycles. The van der Waals surface area contributed by atoms with Crippen molar-refractivity contribution in [3.63, 3.8) is 0 Å². The standard InChI is InChI=1S/C17H21N3O3/c1-12-16(17-18-13(2)19-23-17)20(10-11-22-12)15(21)9-8-14-6-4-3-5-7-14/h3-7,12,16H,8-11H2,1-2H3/t12-,16+/m1/s1. The minimum absolute atomic E-state index is 0.0878. The number of nitrogens with zero attached hydrogens (tertiary/aromatic N) is 3. The van der Waals surface area contributed by atoms with Gasteiger partial charge in [-0.15, -0.1) is 0 Å². The molecule has 0 spiro atoms. The van der Waals surface area contributed by atoms with Crippen molar-refractivity contribution in [2.24, 2.45) is 0 Å². The Bertz CT molecular complexity index is 656. The van der Waals surface area contributed by atoms with Crippen molar-refractivity contribution in [2.75, 3.05) is 13.2 Å². The molecule has 1 aliphatic rings. The summed E-state index contributed by atoms with van der Waals surface area (Å²) in [6.07, 6.45) is 1.02. The molecule has 1 amide bonds. The van der Waals surface area contributed by atoms with Gasteiger partial charge in [-0.05, 0) is 25.8 Å². The van der Waals surface area contributed by atoms with E-state index in [1.165, 1.54) is 0 Å². The van der Waals surface area contributed by atoms with E-state index >= 15 is 0 Å². The van der Waals surface area contributed by atoms with Crippen LogP contribution in [0, 0.1) is 6.92 Å². The normalized spacial score (nSPS) is 21.4. The van der Waals surface area contributed by atoms with E-state index in [0.29, 0.717) is 31.3 Å². The lowest BCUT2D eigenvalue weighted by atomic mass is 10.1. The van der Waals surface area contributed by atoms with E-state index in [9.17, 15) is 4.79 Å². The molecule has 0 aliphatic carbocycles. The number of amides is 1. The smallest absolute Gasteiger partial charge is 0.252 e. The average Bonchev–Trinajstić information content (AvgIpc) is 2.99. The van der Waals surface area contributed by atoms with E-state index in [0.717, 1.165) is 12.0 Å². The number of aromatic nitrogens is 2. The van der Waals surface area contributed by atoms with E-state index in [4.69, 9.17) is 9.26 Å². The second kappa shape index (κ2) is 6.91. The molecule has 0 bridgehead atoms. The molecule has 1 fully saturated rings. The van der Waals surface area contributed by atoms with Crippen molar-refractivity contribution in [3.8, 4) is 0 Å². The summed E-state index contributed by atoms with van der Waals surface area (Å²) in [6, 6.07) is 9.71. The van der Waals surface area contributed by atoms with Gasteiger partial charge in [-0.25, -0.2) is 0 Å². The van der Waals surface area contributed by atoms with E-state index in [1.54, 1.807) is 6.92 Å². The molecule has 6 nitrogen and oxygen atoms in total. The largest absolute Gasteiger partial charge is 0.374 e. The number of carbonyl (C=O) groups is 1. The molecule has 0 saturated carbocycles. The van der Waals surface area contributed by atoms with Crippen LogP contribution in [0.1, 0.15) is 36.7 Å². The van der Waals surface area contributed by atoms with Gasteiger partial charge in [0, 0.05) is 13.0 Å². The summed E-state index contributed by atoms with van der Waals surface area (Å²) in [6.45, 7) is 4.77. The zero-order valence-corrected chi connectivity index (χ0v) is 13.4. The lowest BCUT2D eigenvalue weighted by Crippen LogP contribution is -2.47. The highest BCUT2D eigenvalue weighted by molar-refractivity contribution is 5.77. The third-order valence-corrected chi connectivity index (χ3v) is 4.08. The van der Waals surface area contributed by atoms with Crippen molar-refractivity contribution in [2.45, 2.75) is 38.8 Å². The molecule has 1 saturated heterocycles. The predicted molar refractivity (Wildman–Crippen MR) is 83.7 cm³/mol. The first-order valence-electron chi connectivity index (χ1n) is 7.90. The highest BCUT2D eigenvalue weighted by Gasteiger charge is 2.37. The van der Waals surface area contributed by atoms with Gasteiger partial charge in [-0.1, -0.05) is 35.5 Å². The lowest BCUT2D eigenvalue weighted by molar-refractivity contribution is -0.147.